The Balaban J connectivity index is 2.71. The number of hydrogen-bond donors (Lipinski definition) is 2. The van der Waals surface area contributed by atoms with Crippen molar-refractivity contribution in [3.05, 3.63) is 29.8 Å². The summed E-state index contributed by atoms with van der Waals surface area (Å²) in [6, 6.07) is 7.01. The molecule has 1 amide bonds. The van der Waals surface area contributed by atoms with Crippen molar-refractivity contribution in [2.75, 3.05) is 13.6 Å². The maximum atomic E-state index is 12.0. The number of carbonyl (C=O) groups is 1. The van der Waals surface area contributed by atoms with Gasteiger partial charge in [0.15, 0.2) is 0 Å². The molecule has 4 heteroatoms. The number of likely N-dealkylation sites (N-methyl/N-ethyl adjacent to an activating group) is 1. The molecule has 0 aliphatic rings. The minimum absolute atomic E-state index is 0.0970. The minimum Gasteiger partial charge on any atom is -0.508 e. The zero-order chi connectivity index (χ0) is 14.4. The average molecular weight is 264 g/mol. The number of nitrogens with zero attached hydrogens (tertiary/aromatic N) is 1. The summed E-state index contributed by atoms with van der Waals surface area (Å²) in [4.78, 5) is 13.7. The summed E-state index contributed by atoms with van der Waals surface area (Å²) in [5.74, 6) is 0.355. The van der Waals surface area contributed by atoms with Crippen molar-refractivity contribution < 1.29 is 9.90 Å². The predicted octanol–water partition coefficient (Wildman–Crippen LogP) is 2.30. The summed E-state index contributed by atoms with van der Waals surface area (Å²) in [6.07, 6.45) is 0.887. The second-order valence-electron chi connectivity index (χ2n) is 4.79. The lowest BCUT2D eigenvalue weighted by atomic mass is 10.0. The third-order valence-corrected chi connectivity index (χ3v) is 3.38. The van der Waals surface area contributed by atoms with Crippen LogP contribution in [0.2, 0.25) is 0 Å². The molecule has 0 bridgehead atoms. The summed E-state index contributed by atoms with van der Waals surface area (Å²) in [7, 11) is 1.81. The van der Waals surface area contributed by atoms with Gasteiger partial charge in [-0.1, -0.05) is 19.1 Å². The molecule has 2 N–H and O–H groups in total. The number of rotatable bonds is 6. The predicted molar refractivity (Wildman–Crippen MR) is 77.0 cm³/mol. The standard InChI is InChI=1S/C15H24N2O2/c1-5-14(12-7-9-13(18)10-8-12)16-11(3)15(19)17(4)6-2/h7-11,14,16,18H,5-6H2,1-4H3. The lowest BCUT2D eigenvalue weighted by molar-refractivity contribution is -0.131. The Morgan fingerprint density at radius 2 is 1.89 bits per heavy atom. The molecule has 4 nitrogen and oxygen atoms in total. The van der Waals surface area contributed by atoms with Gasteiger partial charge in [0.1, 0.15) is 5.75 Å². The zero-order valence-corrected chi connectivity index (χ0v) is 12.2. The van der Waals surface area contributed by atoms with Crippen molar-refractivity contribution in [1.29, 1.82) is 0 Å². The van der Waals surface area contributed by atoms with E-state index in [1.807, 2.05) is 33.0 Å². The van der Waals surface area contributed by atoms with Crippen LogP contribution in [0.25, 0.3) is 0 Å². The molecule has 0 saturated heterocycles. The molecule has 106 valence electrons. The summed E-state index contributed by atoms with van der Waals surface area (Å²) in [6.45, 7) is 6.63. The van der Waals surface area contributed by atoms with Gasteiger partial charge in [0.25, 0.3) is 0 Å². The molecule has 0 spiro atoms. The van der Waals surface area contributed by atoms with Crippen molar-refractivity contribution in [1.82, 2.24) is 10.2 Å². The second kappa shape index (κ2) is 7.14. The number of phenols is 1. The van der Waals surface area contributed by atoms with E-state index in [4.69, 9.17) is 0 Å². The van der Waals surface area contributed by atoms with Crippen LogP contribution in [0.4, 0.5) is 0 Å². The van der Waals surface area contributed by atoms with E-state index in [9.17, 15) is 9.90 Å². The van der Waals surface area contributed by atoms with E-state index >= 15 is 0 Å². The normalized spacial score (nSPS) is 13.9. The molecule has 0 heterocycles. The SMILES string of the molecule is CCC(NC(C)C(=O)N(C)CC)c1ccc(O)cc1. The van der Waals surface area contributed by atoms with E-state index in [2.05, 4.69) is 12.2 Å². The number of nitrogens with one attached hydrogen (secondary N) is 1. The minimum atomic E-state index is -0.219. The van der Waals surface area contributed by atoms with Crippen molar-refractivity contribution in [3.63, 3.8) is 0 Å². The quantitative estimate of drug-likeness (QED) is 0.829. The summed E-state index contributed by atoms with van der Waals surface area (Å²) in [5.41, 5.74) is 1.08. The molecule has 0 fully saturated rings. The topological polar surface area (TPSA) is 52.6 Å². The maximum absolute atomic E-state index is 12.0. The Bertz CT molecular complexity index is 403. The Morgan fingerprint density at radius 3 is 2.37 bits per heavy atom. The first-order valence-corrected chi connectivity index (χ1v) is 6.79. The Kier molecular flexibility index (Phi) is 5.83. The highest BCUT2D eigenvalue weighted by atomic mass is 16.3. The fraction of sp³-hybridized carbons (Fsp3) is 0.533. The van der Waals surface area contributed by atoms with Gasteiger partial charge in [-0.25, -0.2) is 0 Å². The molecule has 1 rings (SSSR count). The van der Waals surface area contributed by atoms with Crippen molar-refractivity contribution in [3.8, 4) is 5.75 Å². The van der Waals surface area contributed by atoms with Gasteiger partial charge in [-0.2, -0.15) is 0 Å². The fourth-order valence-corrected chi connectivity index (χ4v) is 2.02. The van der Waals surface area contributed by atoms with E-state index in [0.29, 0.717) is 6.54 Å². The highest BCUT2D eigenvalue weighted by Gasteiger charge is 2.20. The number of phenolic OH excluding ortho intramolecular Hbond substituents is 1. The van der Waals surface area contributed by atoms with Crippen LogP contribution in [0.1, 0.15) is 38.8 Å². The molecule has 0 aliphatic carbocycles. The molecular weight excluding hydrogens is 240 g/mol. The number of benzene rings is 1. The van der Waals surface area contributed by atoms with Gasteiger partial charge in [0, 0.05) is 19.6 Å². The Hall–Kier alpha value is -1.55. The van der Waals surface area contributed by atoms with Gasteiger partial charge in [-0.15, -0.1) is 0 Å². The summed E-state index contributed by atoms with van der Waals surface area (Å²) >= 11 is 0. The summed E-state index contributed by atoms with van der Waals surface area (Å²) in [5, 5.41) is 12.6. The van der Waals surface area contributed by atoms with Crippen LogP contribution in [0.15, 0.2) is 24.3 Å². The largest absolute Gasteiger partial charge is 0.508 e. The molecule has 0 aliphatic heterocycles. The average Bonchev–Trinajstić information content (AvgIpc) is 2.43. The van der Waals surface area contributed by atoms with Crippen molar-refractivity contribution in [2.45, 2.75) is 39.3 Å². The first-order chi connectivity index (χ1) is 8.99. The molecule has 0 radical (unpaired) electrons. The van der Waals surface area contributed by atoms with E-state index < -0.39 is 0 Å². The zero-order valence-electron chi connectivity index (χ0n) is 12.2. The Labute approximate surface area is 115 Å². The molecule has 1 aromatic carbocycles. The van der Waals surface area contributed by atoms with Crippen LogP contribution < -0.4 is 5.32 Å². The second-order valence-corrected chi connectivity index (χ2v) is 4.79. The van der Waals surface area contributed by atoms with E-state index in [1.54, 1.807) is 17.0 Å². The van der Waals surface area contributed by atoms with Crippen LogP contribution in [0, 0.1) is 0 Å². The lowest BCUT2D eigenvalue weighted by Gasteiger charge is -2.25. The highest BCUT2D eigenvalue weighted by molar-refractivity contribution is 5.81. The van der Waals surface area contributed by atoms with E-state index in [1.165, 1.54) is 0 Å². The van der Waals surface area contributed by atoms with Gasteiger partial charge in [0.05, 0.1) is 6.04 Å². The van der Waals surface area contributed by atoms with E-state index in [-0.39, 0.29) is 23.7 Å². The van der Waals surface area contributed by atoms with Crippen LogP contribution in [-0.2, 0) is 4.79 Å². The van der Waals surface area contributed by atoms with E-state index in [0.717, 1.165) is 12.0 Å². The number of carbonyl (C=O) groups excluding carboxylic acids is 1. The number of amides is 1. The lowest BCUT2D eigenvalue weighted by Crippen LogP contribution is -2.44. The van der Waals surface area contributed by atoms with Crippen LogP contribution in [0.3, 0.4) is 0 Å². The third kappa shape index (κ3) is 4.24. The first-order valence-electron chi connectivity index (χ1n) is 6.79. The fourth-order valence-electron chi connectivity index (χ4n) is 2.02. The van der Waals surface area contributed by atoms with Crippen LogP contribution in [-0.4, -0.2) is 35.5 Å². The first kappa shape index (κ1) is 15.5. The van der Waals surface area contributed by atoms with Gasteiger partial charge < -0.3 is 10.0 Å². The smallest absolute Gasteiger partial charge is 0.239 e. The van der Waals surface area contributed by atoms with Gasteiger partial charge in [-0.3, -0.25) is 10.1 Å². The number of aromatic hydroxyl groups is 1. The molecule has 2 unspecified atom stereocenters. The van der Waals surface area contributed by atoms with Gasteiger partial charge in [-0.05, 0) is 38.0 Å². The molecule has 19 heavy (non-hydrogen) atoms. The molecule has 1 aromatic rings. The highest BCUT2D eigenvalue weighted by Crippen LogP contribution is 2.20. The van der Waals surface area contributed by atoms with Crippen LogP contribution in [0.5, 0.6) is 5.75 Å². The monoisotopic (exact) mass is 264 g/mol. The Morgan fingerprint density at radius 1 is 1.32 bits per heavy atom. The van der Waals surface area contributed by atoms with Crippen molar-refractivity contribution >= 4 is 5.91 Å². The van der Waals surface area contributed by atoms with Gasteiger partial charge >= 0.3 is 0 Å². The molecule has 0 saturated carbocycles. The summed E-state index contributed by atoms with van der Waals surface area (Å²) < 4.78 is 0. The molecule has 2 atom stereocenters. The number of hydrogen-bond acceptors (Lipinski definition) is 3. The van der Waals surface area contributed by atoms with Crippen molar-refractivity contribution in [2.24, 2.45) is 0 Å². The van der Waals surface area contributed by atoms with Crippen LogP contribution >= 0.6 is 0 Å². The maximum Gasteiger partial charge on any atom is 0.239 e. The van der Waals surface area contributed by atoms with Gasteiger partial charge in [0.2, 0.25) is 5.91 Å². The third-order valence-electron chi connectivity index (χ3n) is 3.38. The molecular formula is C15H24N2O2. The molecule has 0 aromatic heterocycles.